The molecule has 0 N–H and O–H groups in total. The lowest BCUT2D eigenvalue weighted by Crippen LogP contribution is -2.39. The minimum atomic E-state index is -0.759. The van der Waals surface area contributed by atoms with E-state index in [-0.39, 0.29) is 6.61 Å². The van der Waals surface area contributed by atoms with Gasteiger partial charge in [0.1, 0.15) is 6.61 Å². The van der Waals surface area contributed by atoms with E-state index in [1.54, 1.807) is 0 Å². The van der Waals surface area contributed by atoms with Gasteiger partial charge in [0.05, 0.1) is 0 Å². The molecule has 0 fully saturated rings. The Morgan fingerprint density at radius 3 is 2.35 bits per heavy atom. The molecule has 0 aliphatic heterocycles. The Morgan fingerprint density at radius 2 is 1.85 bits per heavy atom. The molecule has 0 radical (unpaired) electrons. The van der Waals surface area contributed by atoms with Crippen molar-refractivity contribution in [1.29, 1.82) is 0 Å². The quantitative estimate of drug-likeness (QED) is 0.706. The van der Waals surface area contributed by atoms with Gasteiger partial charge < -0.3 is 4.74 Å². The Kier molecular flexibility index (Phi) is 7.03. The van der Waals surface area contributed by atoms with Crippen molar-refractivity contribution in [3.8, 4) is 0 Å². The highest BCUT2D eigenvalue weighted by Crippen LogP contribution is 2.16. The number of halogens is 1. The number of hydrogen-bond donors (Lipinski definition) is 0. The van der Waals surface area contributed by atoms with E-state index in [2.05, 4.69) is 38.7 Å². The van der Waals surface area contributed by atoms with Crippen molar-refractivity contribution in [3.63, 3.8) is 0 Å². The molecule has 0 spiro atoms. The van der Waals surface area contributed by atoms with Crippen molar-refractivity contribution in [2.45, 2.75) is 52.8 Å². The second-order valence-corrected chi connectivity index (χ2v) is 5.58. The Balaban J connectivity index is 2.78. The molecule has 1 aromatic rings. The van der Waals surface area contributed by atoms with Crippen LogP contribution in [-0.2, 0) is 17.8 Å². The molecule has 3 nitrogen and oxygen atoms in total. The fraction of sp³-hybridized carbons (Fsp3) is 0.562. The highest BCUT2D eigenvalue weighted by atomic mass is 35.5. The number of benzene rings is 1. The Morgan fingerprint density at radius 1 is 1.25 bits per heavy atom. The second-order valence-electron chi connectivity index (χ2n) is 5.27. The molecule has 1 rings (SSSR count). The maximum Gasteiger partial charge on any atom is 0.404 e. The van der Waals surface area contributed by atoms with Crippen LogP contribution in [0.5, 0.6) is 0 Å². The zero-order chi connectivity index (χ0) is 15.1. The lowest BCUT2D eigenvalue weighted by Gasteiger charge is -2.32. The molecule has 0 saturated carbocycles. The van der Waals surface area contributed by atoms with Crippen LogP contribution >= 0.6 is 11.6 Å². The van der Waals surface area contributed by atoms with Gasteiger partial charge in [-0.2, -0.15) is 0 Å². The van der Waals surface area contributed by atoms with Crippen LogP contribution in [0.25, 0.3) is 0 Å². The highest BCUT2D eigenvalue weighted by Gasteiger charge is 2.17. The molecule has 0 heterocycles. The van der Waals surface area contributed by atoms with Crippen LogP contribution in [0.4, 0.5) is 4.79 Å². The first kappa shape index (κ1) is 17.0. The lowest BCUT2D eigenvalue weighted by molar-refractivity contribution is 0.164. The molecule has 0 aliphatic carbocycles. The molecular weight excluding hydrogens is 274 g/mol. The van der Waals surface area contributed by atoms with Gasteiger partial charge in [0.15, 0.2) is 0 Å². The first-order chi connectivity index (χ1) is 9.45. The Hall–Kier alpha value is -1.06. The van der Waals surface area contributed by atoms with Crippen LogP contribution in [0.15, 0.2) is 24.3 Å². The first-order valence-electron chi connectivity index (χ1n) is 7.10. The van der Waals surface area contributed by atoms with Gasteiger partial charge in [0.2, 0.25) is 0 Å². The van der Waals surface area contributed by atoms with Crippen molar-refractivity contribution in [2.24, 2.45) is 0 Å². The number of carbonyl (C=O) groups is 1. The first-order valence-corrected chi connectivity index (χ1v) is 7.48. The smallest absolute Gasteiger partial charge is 0.404 e. The second kappa shape index (κ2) is 8.28. The molecule has 4 heteroatoms. The highest BCUT2D eigenvalue weighted by molar-refractivity contribution is 6.61. The number of carbonyl (C=O) groups excluding carboxylic acids is 1. The van der Waals surface area contributed by atoms with Crippen LogP contribution in [-0.4, -0.2) is 29.0 Å². The van der Waals surface area contributed by atoms with Gasteiger partial charge in [-0.15, -0.1) is 0 Å². The van der Waals surface area contributed by atoms with E-state index in [4.69, 9.17) is 16.3 Å². The predicted octanol–water partition coefficient (Wildman–Crippen LogP) is 4.22. The Labute approximate surface area is 126 Å². The molecule has 0 aliphatic rings. The zero-order valence-corrected chi connectivity index (χ0v) is 13.5. The van der Waals surface area contributed by atoms with Gasteiger partial charge in [0.25, 0.3) is 0 Å². The third kappa shape index (κ3) is 5.14. The molecule has 1 unspecified atom stereocenters. The van der Waals surface area contributed by atoms with Gasteiger partial charge in [-0.3, -0.25) is 4.90 Å². The van der Waals surface area contributed by atoms with Gasteiger partial charge in [-0.1, -0.05) is 31.2 Å². The molecular formula is C16H24ClNO2. The van der Waals surface area contributed by atoms with E-state index in [0.717, 1.165) is 18.5 Å². The topological polar surface area (TPSA) is 29.5 Å². The fourth-order valence-electron chi connectivity index (χ4n) is 2.65. The van der Waals surface area contributed by atoms with Crippen molar-refractivity contribution >= 4 is 17.0 Å². The third-order valence-electron chi connectivity index (χ3n) is 3.57. The largest absolute Gasteiger partial charge is 0.449 e. The summed E-state index contributed by atoms with van der Waals surface area (Å²) in [4.78, 5) is 13.2. The summed E-state index contributed by atoms with van der Waals surface area (Å²) in [7, 11) is 0. The van der Waals surface area contributed by atoms with E-state index >= 15 is 0 Å². The number of likely N-dealkylation sites (N-methyl/N-ethyl adjacent to an activating group) is 1. The molecule has 20 heavy (non-hydrogen) atoms. The number of ether oxygens (including phenoxy) is 1. The summed E-state index contributed by atoms with van der Waals surface area (Å²) in [5, 5.41) is 0. The maximum absolute atomic E-state index is 10.7. The van der Waals surface area contributed by atoms with Crippen molar-refractivity contribution in [3.05, 3.63) is 35.4 Å². The van der Waals surface area contributed by atoms with Crippen LogP contribution < -0.4 is 0 Å². The van der Waals surface area contributed by atoms with E-state index in [9.17, 15) is 4.79 Å². The SMILES string of the molecule is CCN(C(C)C)C(C)Cc1ccccc1COC(=O)Cl. The van der Waals surface area contributed by atoms with E-state index in [1.165, 1.54) is 5.56 Å². The zero-order valence-electron chi connectivity index (χ0n) is 12.7. The summed E-state index contributed by atoms with van der Waals surface area (Å²) >= 11 is 5.23. The summed E-state index contributed by atoms with van der Waals surface area (Å²) in [5.41, 5.74) is 1.47. The van der Waals surface area contributed by atoms with Crippen LogP contribution in [0.1, 0.15) is 38.8 Å². The van der Waals surface area contributed by atoms with Gasteiger partial charge in [-0.25, -0.2) is 4.79 Å². The molecule has 0 amide bonds. The average Bonchev–Trinajstić information content (AvgIpc) is 2.38. The summed E-state index contributed by atoms with van der Waals surface area (Å²) in [6, 6.07) is 8.98. The minimum absolute atomic E-state index is 0.235. The average molecular weight is 298 g/mol. The molecule has 0 bridgehead atoms. The summed E-state index contributed by atoms with van der Waals surface area (Å²) in [5.74, 6) is 0. The van der Waals surface area contributed by atoms with E-state index in [0.29, 0.717) is 12.1 Å². The fourth-order valence-corrected chi connectivity index (χ4v) is 2.71. The summed E-state index contributed by atoms with van der Waals surface area (Å²) in [6.07, 6.45) is 0.933. The summed E-state index contributed by atoms with van der Waals surface area (Å²) < 4.78 is 4.90. The Bertz CT molecular complexity index is 434. The number of rotatable bonds is 7. The summed E-state index contributed by atoms with van der Waals surface area (Å²) in [6.45, 7) is 10.1. The van der Waals surface area contributed by atoms with Crippen molar-refractivity contribution < 1.29 is 9.53 Å². The lowest BCUT2D eigenvalue weighted by atomic mass is 10.00. The van der Waals surface area contributed by atoms with Gasteiger partial charge in [0, 0.05) is 23.7 Å². The number of hydrogen-bond acceptors (Lipinski definition) is 3. The van der Waals surface area contributed by atoms with Gasteiger partial charge in [-0.05, 0) is 44.9 Å². The van der Waals surface area contributed by atoms with E-state index in [1.807, 2.05) is 18.2 Å². The van der Waals surface area contributed by atoms with Crippen LogP contribution in [0.2, 0.25) is 0 Å². The normalized spacial score (nSPS) is 12.8. The third-order valence-corrected chi connectivity index (χ3v) is 3.68. The number of nitrogens with zero attached hydrogens (tertiary/aromatic N) is 1. The van der Waals surface area contributed by atoms with Crippen molar-refractivity contribution in [1.82, 2.24) is 4.90 Å². The van der Waals surface area contributed by atoms with Crippen LogP contribution in [0, 0.1) is 0 Å². The standard InChI is InChI=1S/C16H24ClNO2/c1-5-18(12(2)3)13(4)10-14-8-6-7-9-15(14)11-20-16(17)19/h6-9,12-13H,5,10-11H2,1-4H3. The van der Waals surface area contributed by atoms with E-state index < -0.39 is 5.43 Å². The molecule has 0 aromatic heterocycles. The van der Waals surface area contributed by atoms with Crippen LogP contribution in [0.3, 0.4) is 0 Å². The maximum atomic E-state index is 10.7. The van der Waals surface area contributed by atoms with Gasteiger partial charge >= 0.3 is 5.43 Å². The predicted molar refractivity (Wildman–Crippen MR) is 83.2 cm³/mol. The monoisotopic (exact) mass is 297 g/mol. The molecule has 1 aromatic carbocycles. The molecule has 0 saturated heterocycles. The van der Waals surface area contributed by atoms with Crippen molar-refractivity contribution in [2.75, 3.05) is 6.54 Å². The molecule has 112 valence electrons. The molecule has 1 atom stereocenters. The minimum Gasteiger partial charge on any atom is -0.449 e.